The summed E-state index contributed by atoms with van der Waals surface area (Å²) in [6, 6.07) is 19.0. The van der Waals surface area contributed by atoms with Crippen molar-refractivity contribution in [1.29, 1.82) is 0 Å². The zero-order chi connectivity index (χ0) is 15.2. The molecule has 5 nitrogen and oxygen atoms in total. The maximum absolute atomic E-state index is 12.0. The largest absolute Gasteiger partial charge is 0.298 e. The van der Waals surface area contributed by atoms with Crippen molar-refractivity contribution < 1.29 is 4.79 Å². The lowest BCUT2D eigenvalue weighted by Crippen LogP contribution is -2.29. The first kappa shape index (κ1) is 13.8. The van der Waals surface area contributed by atoms with E-state index in [-0.39, 0.29) is 5.91 Å². The van der Waals surface area contributed by atoms with Gasteiger partial charge in [0.1, 0.15) is 0 Å². The van der Waals surface area contributed by atoms with Gasteiger partial charge in [0.15, 0.2) is 5.82 Å². The topological polar surface area (TPSA) is 66.9 Å². The van der Waals surface area contributed by atoms with E-state index in [1.807, 2.05) is 60.7 Å². The molecule has 0 bridgehead atoms. The van der Waals surface area contributed by atoms with Crippen molar-refractivity contribution in [1.82, 2.24) is 15.4 Å². The van der Waals surface area contributed by atoms with E-state index in [4.69, 9.17) is 0 Å². The highest BCUT2D eigenvalue weighted by Crippen LogP contribution is 2.13. The van der Waals surface area contributed by atoms with Crippen molar-refractivity contribution >= 4 is 11.6 Å². The first-order chi connectivity index (χ1) is 10.8. The first-order valence-corrected chi connectivity index (χ1v) is 6.82. The maximum Gasteiger partial charge on any atom is 0.272 e. The summed E-state index contributed by atoms with van der Waals surface area (Å²) in [5, 5.41) is 0. The monoisotopic (exact) mass is 290 g/mol. The fourth-order valence-electron chi connectivity index (χ4n) is 1.90. The van der Waals surface area contributed by atoms with Gasteiger partial charge in [0.25, 0.3) is 5.91 Å². The summed E-state index contributed by atoms with van der Waals surface area (Å²) in [7, 11) is 0. The Morgan fingerprint density at radius 1 is 0.818 bits per heavy atom. The molecule has 2 N–H and O–H groups in total. The molecule has 3 rings (SSSR count). The number of hydrazine groups is 1. The molecule has 0 saturated heterocycles. The maximum atomic E-state index is 12.0. The van der Waals surface area contributed by atoms with Gasteiger partial charge in [0.05, 0.1) is 11.3 Å². The molecular formula is C17H14N4O. The highest BCUT2D eigenvalue weighted by molar-refractivity contribution is 5.94. The van der Waals surface area contributed by atoms with Crippen LogP contribution in [0, 0.1) is 0 Å². The minimum atomic E-state index is -0.288. The molecule has 0 atom stereocenters. The molecule has 0 radical (unpaired) electrons. The van der Waals surface area contributed by atoms with Crippen LogP contribution in [0.2, 0.25) is 0 Å². The van der Waals surface area contributed by atoms with Gasteiger partial charge in [-0.25, -0.2) is 9.97 Å². The molecule has 5 heteroatoms. The van der Waals surface area contributed by atoms with Gasteiger partial charge < -0.3 is 0 Å². The van der Waals surface area contributed by atoms with Crippen LogP contribution in [0.15, 0.2) is 73.1 Å². The molecule has 0 aliphatic carbocycles. The number of nitrogens with one attached hydrogen (secondary N) is 2. The SMILES string of the molecule is O=C(NNc1ccccc1)c1cnc(-c2ccccc2)nc1. The second-order valence-corrected chi connectivity index (χ2v) is 4.61. The van der Waals surface area contributed by atoms with Gasteiger partial charge >= 0.3 is 0 Å². The highest BCUT2D eigenvalue weighted by Gasteiger charge is 2.07. The number of hydrogen-bond donors (Lipinski definition) is 2. The Hall–Kier alpha value is -3.21. The zero-order valence-corrected chi connectivity index (χ0v) is 11.7. The molecule has 22 heavy (non-hydrogen) atoms. The van der Waals surface area contributed by atoms with E-state index in [2.05, 4.69) is 20.8 Å². The third-order valence-corrected chi connectivity index (χ3v) is 3.04. The minimum Gasteiger partial charge on any atom is -0.298 e. The van der Waals surface area contributed by atoms with Crippen molar-refractivity contribution in [3.05, 3.63) is 78.6 Å². The Balaban J connectivity index is 1.66. The third-order valence-electron chi connectivity index (χ3n) is 3.04. The Kier molecular flexibility index (Phi) is 4.06. The summed E-state index contributed by atoms with van der Waals surface area (Å²) in [6.07, 6.45) is 3.02. The van der Waals surface area contributed by atoms with Crippen molar-refractivity contribution in [2.45, 2.75) is 0 Å². The van der Waals surface area contributed by atoms with Crippen LogP contribution in [-0.4, -0.2) is 15.9 Å². The second kappa shape index (κ2) is 6.49. The van der Waals surface area contributed by atoms with E-state index in [1.54, 1.807) is 0 Å². The molecule has 0 unspecified atom stereocenters. The van der Waals surface area contributed by atoms with Gasteiger partial charge in [0.2, 0.25) is 0 Å². The Labute approximate surface area is 128 Å². The molecule has 1 amide bonds. The molecule has 108 valence electrons. The number of anilines is 1. The fraction of sp³-hybridized carbons (Fsp3) is 0. The molecule has 1 aromatic heterocycles. The quantitative estimate of drug-likeness (QED) is 0.725. The Bertz CT molecular complexity index is 743. The van der Waals surface area contributed by atoms with E-state index in [9.17, 15) is 4.79 Å². The van der Waals surface area contributed by atoms with Crippen LogP contribution in [0.4, 0.5) is 5.69 Å². The van der Waals surface area contributed by atoms with E-state index in [0.29, 0.717) is 11.4 Å². The normalized spacial score (nSPS) is 10.0. The number of para-hydroxylation sites is 1. The number of amides is 1. The molecule has 0 aliphatic rings. The van der Waals surface area contributed by atoms with Gasteiger partial charge in [-0.15, -0.1) is 0 Å². The Morgan fingerprint density at radius 3 is 2.05 bits per heavy atom. The Morgan fingerprint density at radius 2 is 1.41 bits per heavy atom. The van der Waals surface area contributed by atoms with Gasteiger partial charge in [-0.3, -0.25) is 15.6 Å². The smallest absolute Gasteiger partial charge is 0.272 e. The summed E-state index contributed by atoms with van der Waals surface area (Å²) in [5.74, 6) is 0.302. The molecule has 2 aromatic carbocycles. The van der Waals surface area contributed by atoms with Crippen molar-refractivity contribution in [3.8, 4) is 11.4 Å². The number of aromatic nitrogens is 2. The van der Waals surface area contributed by atoms with Crippen LogP contribution in [0.25, 0.3) is 11.4 Å². The predicted octanol–water partition coefficient (Wildman–Crippen LogP) is 2.90. The number of carbonyl (C=O) groups excluding carboxylic acids is 1. The number of nitrogens with zero attached hydrogens (tertiary/aromatic N) is 2. The van der Waals surface area contributed by atoms with Crippen molar-refractivity contribution in [2.75, 3.05) is 5.43 Å². The highest BCUT2D eigenvalue weighted by atomic mass is 16.2. The number of rotatable bonds is 4. The molecule has 0 aliphatic heterocycles. The van der Waals surface area contributed by atoms with Gasteiger partial charge in [-0.2, -0.15) is 0 Å². The summed E-state index contributed by atoms with van der Waals surface area (Å²) >= 11 is 0. The fourth-order valence-corrected chi connectivity index (χ4v) is 1.90. The van der Waals surface area contributed by atoms with Gasteiger partial charge in [-0.05, 0) is 12.1 Å². The first-order valence-electron chi connectivity index (χ1n) is 6.82. The predicted molar refractivity (Wildman–Crippen MR) is 85.0 cm³/mol. The van der Waals surface area contributed by atoms with Crippen LogP contribution in [0.1, 0.15) is 10.4 Å². The van der Waals surface area contributed by atoms with E-state index < -0.39 is 0 Å². The summed E-state index contributed by atoms with van der Waals surface area (Å²) < 4.78 is 0. The van der Waals surface area contributed by atoms with E-state index in [0.717, 1.165) is 11.3 Å². The van der Waals surface area contributed by atoms with Crippen LogP contribution >= 0.6 is 0 Å². The van der Waals surface area contributed by atoms with Gasteiger partial charge in [-0.1, -0.05) is 48.5 Å². The average molecular weight is 290 g/mol. The third kappa shape index (κ3) is 3.27. The summed E-state index contributed by atoms with van der Waals surface area (Å²) in [6.45, 7) is 0. The van der Waals surface area contributed by atoms with Crippen LogP contribution in [0.5, 0.6) is 0 Å². The molecular weight excluding hydrogens is 276 g/mol. The van der Waals surface area contributed by atoms with Crippen LogP contribution in [-0.2, 0) is 0 Å². The van der Waals surface area contributed by atoms with Crippen LogP contribution in [0.3, 0.4) is 0 Å². The minimum absolute atomic E-state index is 0.288. The second-order valence-electron chi connectivity index (χ2n) is 4.61. The molecule has 0 spiro atoms. The van der Waals surface area contributed by atoms with Gasteiger partial charge in [0, 0.05) is 18.0 Å². The molecule has 1 heterocycles. The summed E-state index contributed by atoms with van der Waals surface area (Å²) in [4.78, 5) is 20.5. The molecule has 0 fully saturated rings. The standard InChI is InChI=1S/C17H14N4O/c22-17(21-20-15-9-5-2-6-10-15)14-11-18-16(19-12-14)13-7-3-1-4-8-13/h1-12,20H,(H,21,22). The number of carbonyl (C=O) groups is 1. The molecule has 0 saturated carbocycles. The lowest BCUT2D eigenvalue weighted by atomic mass is 10.2. The van der Waals surface area contributed by atoms with Crippen molar-refractivity contribution in [3.63, 3.8) is 0 Å². The van der Waals surface area contributed by atoms with E-state index in [1.165, 1.54) is 12.4 Å². The zero-order valence-electron chi connectivity index (χ0n) is 11.7. The lowest BCUT2D eigenvalue weighted by molar-refractivity contribution is 0.0962. The number of benzene rings is 2. The number of hydrogen-bond acceptors (Lipinski definition) is 4. The lowest BCUT2D eigenvalue weighted by Gasteiger charge is -2.08. The van der Waals surface area contributed by atoms with Crippen molar-refractivity contribution in [2.24, 2.45) is 0 Å². The van der Waals surface area contributed by atoms with E-state index >= 15 is 0 Å². The van der Waals surface area contributed by atoms with Crippen LogP contribution < -0.4 is 10.9 Å². The molecule has 3 aromatic rings. The summed E-state index contributed by atoms with van der Waals surface area (Å²) in [5.41, 5.74) is 7.55. The average Bonchev–Trinajstić information content (AvgIpc) is 2.61.